The van der Waals surface area contributed by atoms with Gasteiger partial charge in [-0.2, -0.15) is 0 Å². The molecule has 0 aromatic carbocycles. The molecule has 0 heterocycles. The molecule has 102 valence electrons. The summed E-state index contributed by atoms with van der Waals surface area (Å²) in [5.41, 5.74) is 0. The summed E-state index contributed by atoms with van der Waals surface area (Å²) in [5, 5.41) is 0. The monoisotopic (exact) mass is 284 g/mol. The molecule has 0 unspecified atom stereocenters. The Bertz CT molecular complexity index is 266. The van der Waals surface area contributed by atoms with Gasteiger partial charge in [0.2, 0.25) is 0 Å². The molecule has 0 saturated heterocycles. The molecule has 0 aliphatic rings. The van der Waals surface area contributed by atoms with Crippen LogP contribution in [-0.2, 0) is 34.9 Å². The van der Waals surface area contributed by atoms with Crippen molar-refractivity contribution < 1.29 is 23.1 Å². The van der Waals surface area contributed by atoms with Crippen LogP contribution in [0.2, 0.25) is 0 Å². The van der Waals surface area contributed by atoms with Gasteiger partial charge in [0, 0.05) is 0 Å². The molecule has 0 aliphatic carbocycles. The molecule has 0 aromatic rings. The van der Waals surface area contributed by atoms with Crippen LogP contribution in [0, 0.1) is 0 Å². The summed E-state index contributed by atoms with van der Waals surface area (Å²) in [6.07, 6.45) is -0.247. The Morgan fingerprint density at radius 2 is 1.65 bits per heavy atom. The second-order valence-corrected chi connectivity index (χ2v) is 6.75. The molecule has 17 heavy (non-hydrogen) atoms. The zero-order chi connectivity index (χ0) is 13.5. The van der Waals surface area contributed by atoms with Crippen molar-refractivity contribution in [3.8, 4) is 0 Å². The van der Waals surface area contributed by atoms with Crippen molar-refractivity contribution >= 4 is 24.5 Å². The highest BCUT2D eigenvalue weighted by Gasteiger charge is 2.25. The fraction of sp³-hybridized carbons (Fsp3) is 0.900. The summed E-state index contributed by atoms with van der Waals surface area (Å²) in [6.45, 7) is 6.24. The van der Waals surface area contributed by atoms with Crippen LogP contribution < -0.4 is 0 Å². The molecule has 0 saturated carbocycles. The number of rotatable bonds is 8. The lowest BCUT2D eigenvalue weighted by atomic mass is 10.5. The Hall–Kier alpha value is -0.0000000000000000694. The second kappa shape index (κ2) is 8.16. The van der Waals surface area contributed by atoms with Gasteiger partial charge in [-0.1, -0.05) is 0 Å². The van der Waals surface area contributed by atoms with Crippen LogP contribution in [0.3, 0.4) is 0 Å². The van der Waals surface area contributed by atoms with Gasteiger partial charge >= 0.3 is 12.7 Å². The summed E-state index contributed by atoms with van der Waals surface area (Å²) in [5.74, 6) is -0.471. The molecular weight excluding hydrogens is 263 g/mol. The highest BCUT2D eigenvalue weighted by atomic mass is 32.5. The number of hydrogen-bond acceptors (Lipinski definition) is 6. The Labute approximate surface area is 108 Å². The SMILES string of the molecule is CCOC(=O)COP(=S)(OC(C)C)OC(C)C. The van der Waals surface area contributed by atoms with Crippen molar-refractivity contribution in [2.75, 3.05) is 13.2 Å². The normalized spacial score (nSPS) is 12.2. The van der Waals surface area contributed by atoms with Gasteiger partial charge in [0.15, 0.2) is 6.61 Å². The van der Waals surface area contributed by atoms with Crippen LogP contribution in [-0.4, -0.2) is 31.4 Å². The molecule has 0 aliphatic heterocycles. The number of esters is 1. The van der Waals surface area contributed by atoms with Gasteiger partial charge in [0.1, 0.15) is 0 Å². The minimum absolute atomic E-state index is 0.123. The first kappa shape index (κ1) is 17.0. The van der Waals surface area contributed by atoms with Crippen molar-refractivity contribution in [3.63, 3.8) is 0 Å². The summed E-state index contributed by atoms with van der Waals surface area (Å²) in [6, 6.07) is 0. The summed E-state index contributed by atoms with van der Waals surface area (Å²) >= 11 is 5.19. The quantitative estimate of drug-likeness (QED) is 0.504. The van der Waals surface area contributed by atoms with E-state index in [1.807, 2.05) is 27.7 Å². The Kier molecular flexibility index (Phi) is 8.16. The standard InChI is InChI=1S/C10H21O5PS/c1-6-12-10(11)7-13-16(17,14-8(2)3)15-9(4)5/h8-9H,6-7H2,1-5H3. The number of carbonyl (C=O) groups excluding carboxylic acids is 1. The Balaban J connectivity index is 4.38. The lowest BCUT2D eigenvalue weighted by Crippen LogP contribution is -2.15. The van der Waals surface area contributed by atoms with E-state index in [1.165, 1.54) is 0 Å². The fourth-order valence-electron chi connectivity index (χ4n) is 0.937. The average Bonchev–Trinajstić information content (AvgIpc) is 2.12. The Morgan fingerprint density at radius 3 is 2.00 bits per heavy atom. The van der Waals surface area contributed by atoms with E-state index in [9.17, 15) is 4.79 Å². The zero-order valence-corrected chi connectivity index (χ0v) is 12.7. The minimum atomic E-state index is -2.88. The molecule has 0 radical (unpaired) electrons. The van der Waals surface area contributed by atoms with E-state index in [2.05, 4.69) is 0 Å². The van der Waals surface area contributed by atoms with E-state index >= 15 is 0 Å². The average molecular weight is 284 g/mol. The largest absolute Gasteiger partial charge is 0.464 e. The maximum atomic E-state index is 11.2. The van der Waals surface area contributed by atoms with Gasteiger partial charge in [-0.3, -0.25) is 4.52 Å². The lowest BCUT2D eigenvalue weighted by Gasteiger charge is -2.25. The molecule has 0 amide bonds. The van der Waals surface area contributed by atoms with Crippen molar-refractivity contribution in [1.29, 1.82) is 0 Å². The van der Waals surface area contributed by atoms with E-state index < -0.39 is 12.7 Å². The molecule has 0 aromatic heterocycles. The van der Waals surface area contributed by atoms with Gasteiger partial charge in [-0.15, -0.1) is 0 Å². The van der Waals surface area contributed by atoms with Crippen molar-refractivity contribution in [1.82, 2.24) is 0 Å². The molecular formula is C10H21O5PS. The van der Waals surface area contributed by atoms with Crippen LogP contribution >= 0.6 is 6.72 Å². The second-order valence-electron chi connectivity index (χ2n) is 3.83. The van der Waals surface area contributed by atoms with Crippen molar-refractivity contribution in [3.05, 3.63) is 0 Å². The maximum Gasteiger partial charge on any atom is 0.332 e. The predicted octanol–water partition coefficient (Wildman–Crippen LogP) is 2.64. The van der Waals surface area contributed by atoms with Crippen LogP contribution in [0.25, 0.3) is 0 Å². The number of ether oxygens (including phenoxy) is 1. The van der Waals surface area contributed by atoms with E-state index in [4.69, 9.17) is 30.1 Å². The van der Waals surface area contributed by atoms with E-state index in [1.54, 1.807) is 6.92 Å². The van der Waals surface area contributed by atoms with Crippen LogP contribution in [0.15, 0.2) is 0 Å². The van der Waals surface area contributed by atoms with Crippen molar-refractivity contribution in [2.24, 2.45) is 0 Å². The third-order valence-electron chi connectivity index (χ3n) is 1.33. The molecule has 0 N–H and O–H groups in total. The van der Waals surface area contributed by atoms with Gasteiger partial charge in [-0.05, 0) is 46.4 Å². The third-order valence-corrected chi connectivity index (χ3v) is 3.96. The first-order valence-electron chi connectivity index (χ1n) is 5.56. The van der Waals surface area contributed by atoms with Crippen molar-refractivity contribution in [2.45, 2.75) is 46.8 Å². The molecule has 0 atom stereocenters. The van der Waals surface area contributed by atoms with E-state index in [-0.39, 0.29) is 18.8 Å². The summed E-state index contributed by atoms with van der Waals surface area (Å²) in [4.78, 5) is 11.2. The molecule has 0 bridgehead atoms. The molecule has 0 rings (SSSR count). The zero-order valence-electron chi connectivity index (χ0n) is 11.0. The molecule has 7 heteroatoms. The highest BCUT2D eigenvalue weighted by Crippen LogP contribution is 2.51. The fourth-order valence-corrected chi connectivity index (χ4v) is 3.60. The number of carbonyl (C=O) groups is 1. The first-order valence-corrected chi connectivity index (χ1v) is 8.11. The van der Waals surface area contributed by atoms with Crippen LogP contribution in [0.4, 0.5) is 0 Å². The Morgan fingerprint density at radius 1 is 1.18 bits per heavy atom. The highest BCUT2D eigenvalue weighted by molar-refractivity contribution is 8.07. The molecule has 0 spiro atoms. The minimum Gasteiger partial charge on any atom is -0.464 e. The smallest absolute Gasteiger partial charge is 0.332 e. The lowest BCUT2D eigenvalue weighted by molar-refractivity contribution is -0.146. The van der Waals surface area contributed by atoms with Gasteiger partial charge in [-0.25, -0.2) is 4.79 Å². The predicted molar refractivity (Wildman–Crippen MR) is 69.3 cm³/mol. The maximum absolute atomic E-state index is 11.2. The van der Waals surface area contributed by atoms with E-state index in [0.29, 0.717) is 6.61 Å². The van der Waals surface area contributed by atoms with Gasteiger partial charge in [0.05, 0.1) is 18.8 Å². The number of hydrogen-bond donors (Lipinski definition) is 0. The van der Waals surface area contributed by atoms with Gasteiger partial charge in [0.25, 0.3) is 0 Å². The van der Waals surface area contributed by atoms with Gasteiger partial charge < -0.3 is 13.8 Å². The van der Waals surface area contributed by atoms with E-state index in [0.717, 1.165) is 0 Å². The van der Waals surface area contributed by atoms with Crippen LogP contribution in [0.1, 0.15) is 34.6 Å². The van der Waals surface area contributed by atoms with Crippen LogP contribution in [0.5, 0.6) is 0 Å². The summed E-state index contributed by atoms with van der Waals surface area (Å²) < 4.78 is 20.9. The summed E-state index contributed by atoms with van der Waals surface area (Å²) in [7, 11) is 0. The molecule has 5 nitrogen and oxygen atoms in total. The third kappa shape index (κ3) is 8.69. The molecule has 0 fully saturated rings. The topological polar surface area (TPSA) is 54.0 Å². The first-order chi connectivity index (χ1) is 7.79.